The Labute approximate surface area is 102 Å². The van der Waals surface area contributed by atoms with Crippen molar-refractivity contribution in [3.05, 3.63) is 34.5 Å². The summed E-state index contributed by atoms with van der Waals surface area (Å²) in [6.07, 6.45) is 0. The minimum atomic E-state index is 0.735. The maximum Gasteiger partial charge on any atom is 0.0350 e. The lowest BCUT2D eigenvalue weighted by Crippen LogP contribution is -2.06. The quantitative estimate of drug-likeness (QED) is 0.470. The van der Waals surface area contributed by atoms with Gasteiger partial charge in [0, 0.05) is 21.8 Å². The minimum absolute atomic E-state index is 0.735. The van der Waals surface area contributed by atoms with Crippen LogP contribution in [0.15, 0.2) is 17.8 Å². The Hall–Kier alpha value is -1.35. The van der Waals surface area contributed by atoms with E-state index in [2.05, 4.69) is 6.07 Å². The molecule has 4 N–H and O–H groups in total. The molecule has 0 radical (unpaired) electrons. The average Bonchev–Trinajstić information content (AvgIpc) is 2.12. The fraction of sp³-hybridized carbons (Fsp3) is 0.308. The molecule has 0 spiro atoms. The molecule has 0 aliphatic carbocycles. The number of hydrogen-bond donors (Lipinski definition) is 2. The van der Waals surface area contributed by atoms with Crippen molar-refractivity contribution in [1.29, 1.82) is 0 Å². The molecule has 16 heavy (non-hydrogen) atoms. The average molecular weight is 234 g/mol. The lowest BCUT2D eigenvalue weighted by Gasteiger charge is -2.14. The van der Waals surface area contributed by atoms with Crippen LogP contribution in [0.3, 0.4) is 0 Å². The van der Waals surface area contributed by atoms with E-state index in [1.165, 1.54) is 0 Å². The lowest BCUT2D eigenvalue weighted by molar-refractivity contribution is 1.30. The Kier molecular flexibility index (Phi) is 3.70. The third-order valence-corrected chi connectivity index (χ3v) is 2.83. The van der Waals surface area contributed by atoms with Gasteiger partial charge in [0.05, 0.1) is 0 Å². The highest BCUT2D eigenvalue weighted by Gasteiger charge is 2.11. The standard InChI is InChI=1S/C13H18N2S/c1-7-5-8(2)12(15)6-11(7)13(9(3)14)10(4)16/h5-6H,14-15H2,1-4H3/b13-9+. The monoisotopic (exact) mass is 234 g/mol. The van der Waals surface area contributed by atoms with Crippen LogP contribution in [-0.2, 0) is 0 Å². The van der Waals surface area contributed by atoms with Gasteiger partial charge in [0.1, 0.15) is 0 Å². The zero-order chi connectivity index (χ0) is 12.5. The van der Waals surface area contributed by atoms with Gasteiger partial charge in [0.2, 0.25) is 0 Å². The Morgan fingerprint density at radius 2 is 1.69 bits per heavy atom. The van der Waals surface area contributed by atoms with E-state index in [-0.39, 0.29) is 0 Å². The van der Waals surface area contributed by atoms with Crippen molar-refractivity contribution in [2.75, 3.05) is 5.73 Å². The van der Waals surface area contributed by atoms with Gasteiger partial charge in [0.15, 0.2) is 0 Å². The van der Waals surface area contributed by atoms with Crippen LogP contribution in [0.1, 0.15) is 30.5 Å². The minimum Gasteiger partial charge on any atom is -0.402 e. The molecule has 0 aliphatic heterocycles. The number of aryl methyl sites for hydroxylation is 2. The second kappa shape index (κ2) is 4.66. The fourth-order valence-corrected chi connectivity index (χ4v) is 2.09. The maximum atomic E-state index is 5.92. The Bertz CT molecular complexity index is 469. The highest BCUT2D eigenvalue weighted by molar-refractivity contribution is 7.81. The number of benzene rings is 1. The summed E-state index contributed by atoms with van der Waals surface area (Å²) in [5.41, 5.74) is 17.5. The van der Waals surface area contributed by atoms with Gasteiger partial charge in [-0.2, -0.15) is 0 Å². The zero-order valence-electron chi connectivity index (χ0n) is 10.2. The van der Waals surface area contributed by atoms with Crippen molar-refractivity contribution in [1.82, 2.24) is 0 Å². The Morgan fingerprint density at radius 1 is 1.12 bits per heavy atom. The number of anilines is 1. The van der Waals surface area contributed by atoms with E-state index in [0.29, 0.717) is 0 Å². The number of hydrogen-bond acceptors (Lipinski definition) is 3. The number of thiocarbonyl (C=S) groups is 1. The summed E-state index contributed by atoms with van der Waals surface area (Å²) in [7, 11) is 0. The zero-order valence-corrected chi connectivity index (χ0v) is 11.0. The molecule has 1 rings (SSSR count). The molecule has 2 nitrogen and oxygen atoms in total. The summed E-state index contributed by atoms with van der Waals surface area (Å²) in [6.45, 7) is 7.79. The maximum absolute atomic E-state index is 5.92. The van der Waals surface area contributed by atoms with Gasteiger partial charge < -0.3 is 11.5 Å². The lowest BCUT2D eigenvalue weighted by atomic mass is 9.94. The van der Waals surface area contributed by atoms with E-state index >= 15 is 0 Å². The first-order valence-corrected chi connectivity index (χ1v) is 5.59. The van der Waals surface area contributed by atoms with Crippen LogP contribution in [-0.4, -0.2) is 4.86 Å². The van der Waals surface area contributed by atoms with Crippen LogP contribution in [0.5, 0.6) is 0 Å². The summed E-state index contributed by atoms with van der Waals surface area (Å²) in [4.78, 5) is 0.798. The molecule has 0 fully saturated rings. The smallest absolute Gasteiger partial charge is 0.0350 e. The largest absolute Gasteiger partial charge is 0.402 e. The molecule has 0 saturated heterocycles. The van der Waals surface area contributed by atoms with Crippen molar-refractivity contribution in [2.45, 2.75) is 27.7 Å². The summed E-state index contributed by atoms with van der Waals surface area (Å²) < 4.78 is 0. The molecule has 0 heterocycles. The van der Waals surface area contributed by atoms with Crippen molar-refractivity contribution in [3.63, 3.8) is 0 Å². The first kappa shape index (κ1) is 12.7. The predicted molar refractivity (Wildman–Crippen MR) is 75.4 cm³/mol. The van der Waals surface area contributed by atoms with Crippen molar-refractivity contribution >= 4 is 28.3 Å². The van der Waals surface area contributed by atoms with Crippen molar-refractivity contribution in [3.8, 4) is 0 Å². The van der Waals surface area contributed by atoms with E-state index < -0.39 is 0 Å². The molecular weight excluding hydrogens is 216 g/mol. The van der Waals surface area contributed by atoms with Crippen LogP contribution in [0, 0.1) is 13.8 Å². The molecule has 1 aromatic carbocycles. The van der Waals surface area contributed by atoms with Gasteiger partial charge >= 0.3 is 0 Å². The molecular formula is C13H18N2S. The first-order chi connectivity index (χ1) is 7.34. The normalized spacial score (nSPS) is 12.2. The summed E-state index contributed by atoms with van der Waals surface area (Å²) in [5, 5.41) is 0. The van der Waals surface area contributed by atoms with E-state index in [4.69, 9.17) is 23.7 Å². The van der Waals surface area contributed by atoms with Gasteiger partial charge in [0.25, 0.3) is 0 Å². The number of nitrogen functional groups attached to an aromatic ring is 1. The van der Waals surface area contributed by atoms with Gasteiger partial charge in [-0.3, -0.25) is 0 Å². The van der Waals surface area contributed by atoms with Gasteiger partial charge in [-0.1, -0.05) is 18.3 Å². The molecule has 0 atom stereocenters. The van der Waals surface area contributed by atoms with Crippen LogP contribution < -0.4 is 11.5 Å². The molecule has 0 aliphatic rings. The van der Waals surface area contributed by atoms with Crippen molar-refractivity contribution in [2.24, 2.45) is 5.73 Å². The van der Waals surface area contributed by atoms with Crippen molar-refractivity contribution < 1.29 is 0 Å². The van der Waals surface area contributed by atoms with Gasteiger partial charge in [-0.05, 0) is 50.5 Å². The molecule has 86 valence electrons. The molecule has 0 bridgehead atoms. The van der Waals surface area contributed by atoms with Gasteiger partial charge in [-0.15, -0.1) is 0 Å². The topological polar surface area (TPSA) is 52.0 Å². The number of nitrogens with two attached hydrogens (primary N) is 2. The summed E-state index contributed by atoms with van der Waals surface area (Å²) in [5.74, 6) is 0. The highest BCUT2D eigenvalue weighted by Crippen LogP contribution is 2.26. The second-order valence-corrected chi connectivity index (χ2v) is 4.75. The molecule has 0 aromatic heterocycles. The van der Waals surface area contributed by atoms with E-state index in [1.807, 2.05) is 33.8 Å². The SMILES string of the molecule is CC(=S)/C(=C(/C)N)c1cc(N)c(C)cc1C. The first-order valence-electron chi connectivity index (χ1n) is 5.19. The molecule has 0 saturated carbocycles. The Balaban J connectivity index is 3.49. The van der Waals surface area contributed by atoms with Crippen LogP contribution in [0.2, 0.25) is 0 Å². The van der Waals surface area contributed by atoms with Crippen LogP contribution >= 0.6 is 12.2 Å². The molecule has 3 heteroatoms. The number of rotatable bonds is 2. The third kappa shape index (κ3) is 2.42. The van der Waals surface area contributed by atoms with Gasteiger partial charge in [-0.25, -0.2) is 0 Å². The van der Waals surface area contributed by atoms with Crippen LogP contribution in [0.25, 0.3) is 5.57 Å². The summed E-state index contributed by atoms with van der Waals surface area (Å²) >= 11 is 5.23. The van der Waals surface area contributed by atoms with E-state index in [1.54, 1.807) is 0 Å². The third-order valence-electron chi connectivity index (χ3n) is 2.63. The fourth-order valence-electron chi connectivity index (χ4n) is 1.82. The highest BCUT2D eigenvalue weighted by atomic mass is 32.1. The predicted octanol–water partition coefficient (Wildman–Crippen LogP) is 2.97. The molecule has 0 amide bonds. The number of allylic oxidation sites excluding steroid dienone is 2. The second-order valence-electron chi connectivity index (χ2n) is 4.14. The molecule has 0 unspecified atom stereocenters. The van der Waals surface area contributed by atoms with E-state index in [0.717, 1.165) is 38.5 Å². The van der Waals surface area contributed by atoms with E-state index in [9.17, 15) is 0 Å². The summed E-state index contributed by atoms with van der Waals surface area (Å²) in [6, 6.07) is 4.01. The Morgan fingerprint density at radius 3 is 2.12 bits per heavy atom. The van der Waals surface area contributed by atoms with Crippen LogP contribution in [0.4, 0.5) is 5.69 Å². The molecule has 1 aromatic rings.